The number of likely N-dealkylation sites (tertiary alicyclic amines) is 1. The topological polar surface area (TPSA) is 15.3 Å². The molecule has 0 spiro atoms. The summed E-state index contributed by atoms with van der Waals surface area (Å²) >= 11 is 0. The Morgan fingerprint density at radius 3 is 2.84 bits per heavy atom. The molecule has 1 unspecified atom stereocenters. The summed E-state index contributed by atoms with van der Waals surface area (Å²) in [5.41, 5.74) is 1.90. The minimum Gasteiger partial charge on any atom is -0.382 e. The number of anilines is 1. The van der Waals surface area contributed by atoms with Crippen LogP contribution in [-0.2, 0) is 0 Å². The highest BCUT2D eigenvalue weighted by atomic mass is 19.1. The van der Waals surface area contributed by atoms with E-state index < -0.39 is 0 Å². The Labute approximate surface area is 116 Å². The largest absolute Gasteiger partial charge is 0.382 e. The van der Waals surface area contributed by atoms with E-state index in [9.17, 15) is 4.39 Å². The Bertz CT molecular complexity index is 385. The quantitative estimate of drug-likeness (QED) is 0.889. The van der Waals surface area contributed by atoms with Gasteiger partial charge >= 0.3 is 0 Å². The van der Waals surface area contributed by atoms with Crippen LogP contribution in [0.25, 0.3) is 0 Å². The van der Waals surface area contributed by atoms with Gasteiger partial charge in [-0.2, -0.15) is 0 Å². The lowest BCUT2D eigenvalue weighted by Gasteiger charge is -2.20. The summed E-state index contributed by atoms with van der Waals surface area (Å²) in [4.78, 5) is 2.54. The molecular weight excluding hydrogens is 239 g/mol. The third kappa shape index (κ3) is 4.50. The monoisotopic (exact) mass is 264 g/mol. The Balaban J connectivity index is 1.92. The fourth-order valence-electron chi connectivity index (χ4n) is 2.90. The van der Waals surface area contributed by atoms with Crippen molar-refractivity contribution in [1.29, 1.82) is 0 Å². The predicted molar refractivity (Wildman–Crippen MR) is 79.1 cm³/mol. The van der Waals surface area contributed by atoms with Gasteiger partial charge in [-0.25, -0.2) is 4.39 Å². The summed E-state index contributed by atoms with van der Waals surface area (Å²) in [6.45, 7) is 7.72. The van der Waals surface area contributed by atoms with Gasteiger partial charge in [0.2, 0.25) is 0 Å². The van der Waals surface area contributed by atoms with Gasteiger partial charge in [0.1, 0.15) is 5.82 Å². The molecule has 0 bridgehead atoms. The average molecular weight is 264 g/mol. The number of aryl methyl sites for hydroxylation is 1. The number of nitrogens with zero attached hydrogens (tertiary/aromatic N) is 1. The number of hydrogen-bond acceptors (Lipinski definition) is 2. The highest BCUT2D eigenvalue weighted by molar-refractivity contribution is 5.46. The summed E-state index contributed by atoms with van der Waals surface area (Å²) < 4.78 is 13.4. The van der Waals surface area contributed by atoms with E-state index in [1.807, 2.05) is 13.0 Å². The normalized spacial score (nSPS) is 21.1. The van der Waals surface area contributed by atoms with Gasteiger partial charge in [-0.15, -0.1) is 0 Å². The van der Waals surface area contributed by atoms with Gasteiger partial charge in [-0.3, -0.25) is 0 Å². The number of rotatable bonds is 4. The summed E-state index contributed by atoms with van der Waals surface area (Å²) in [5.74, 6) is -0.149. The molecule has 3 heteroatoms. The summed E-state index contributed by atoms with van der Waals surface area (Å²) in [6.07, 6.45) is 4.78. The fourth-order valence-corrected chi connectivity index (χ4v) is 2.90. The van der Waals surface area contributed by atoms with Crippen molar-refractivity contribution in [3.63, 3.8) is 0 Å². The maximum absolute atomic E-state index is 13.4. The van der Waals surface area contributed by atoms with Gasteiger partial charge in [0, 0.05) is 18.3 Å². The first kappa shape index (κ1) is 14.3. The van der Waals surface area contributed by atoms with Crippen LogP contribution >= 0.6 is 0 Å². The molecule has 106 valence electrons. The lowest BCUT2D eigenvalue weighted by molar-refractivity contribution is 0.285. The van der Waals surface area contributed by atoms with Crippen LogP contribution in [0, 0.1) is 12.7 Å². The van der Waals surface area contributed by atoms with E-state index in [-0.39, 0.29) is 5.82 Å². The van der Waals surface area contributed by atoms with Crippen molar-refractivity contribution in [2.75, 3.05) is 25.0 Å². The number of benzene rings is 1. The van der Waals surface area contributed by atoms with E-state index in [0.717, 1.165) is 24.2 Å². The van der Waals surface area contributed by atoms with Crippen molar-refractivity contribution in [2.24, 2.45) is 0 Å². The van der Waals surface area contributed by atoms with Crippen molar-refractivity contribution in [1.82, 2.24) is 4.90 Å². The van der Waals surface area contributed by atoms with Crippen molar-refractivity contribution in [3.05, 3.63) is 29.6 Å². The average Bonchev–Trinajstić information content (AvgIpc) is 2.54. The second kappa shape index (κ2) is 6.90. The predicted octanol–water partition coefficient (Wildman–Crippen LogP) is 3.81. The molecule has 0 aliphatic carbocycles. The van der Waals surface area contributed by atoms with Crippen LogP contribution in [0.5, 0.6) is 0 Å². The second-order valence-electron chi connectivity index (χ2n) is 5.63. The zero-order valence-corrected chi connectivity index (χ0v) is 12.1. The summed E-state index contributed by atoms with van der Waals surface area (Å²) in [6, 6.07) is 5.67. The van der Waals surface area contributed by atoms with Crippen LogP contribution < -0.4 is 5.32 Å². The molecule has 1 aliphatic heterocycles. The van der Waals surface area contributed by atoms with Crippen LogP contribution in [-0.4, -0.2) is 30.6 Å². The lowest BCUT2D eigenvalue weighted by Crippen LogP contribution is -2.27. The number of nitrogens with one attached hydrogen (secondary N) is 1. The first-order chi connectivity index (χ1) is 9.17. The molecule has 1 aliphatic rings. The van der Waals surface area contributed by atoms with Crippen LogP contribution in [0.4, 0.5) is 10.1 Å². The molecule has 1 saturated heterocycles. The molecule has 1 atom stereocenters. The first-order valence-electron chi connectivity index (χ1n) is 7.43. The van der Waals surface area contributed by atoms with E-state index in [0.29, 0.717) is 6.04 Å². The second-order valence-corrected chi connectivity index (χ2v) is 5.63. The maximum atomic E-state index is 13.4. The zero-order chi connectivity index (χ0) is 13.7. The highest BCUT2D eigenvalue weighted by Crippen LogP contribution is 2.19. The molecule has 0 saturated carbocycles. The fraction of sp³-hybridized carbons (Fsp3) is 0.625. The molecule has 2 nitrogen and oxygen atoms in total. The van der Waals surface area contributed by atoms with Crippen molar-refractivity contribution < 1.29 is 4.39 Å². The molecule has 0 aromatic heterocycles. The Hall–Kier alpha value is -1.09. The van der Waals surface area contributed by atoms with Crippen molar-refractivity contribution in [2.45, 2.75) is 45.6 Å². The van der Waals surface area contributed by atoms with Crippen LogP contribution in [0.1, 0.15) is 38.2 Å². The molecular formula is C16H25FN2. The van der Waals surface area contributed by atoms with E-state index in [1.54, 1.807) is 12.1 Å². The molecule has 19 heavy (non-hydrogen) atoms. The molecule has 1 heterocycles. The molecule has 0 amide bonds. The lowest BCUT2D eigenvalue weighted by atomic mass is 10.1. The molecule has 2 rings (SSSR count). The van der Waals surface area contributed by atoms with Crippen LogP contribution in [0.2, 0.25) is 0 Å². The Kier molecular flexibility index (Phi) is 5.20. The standard InChI is InChI=1S/C16H25FN2/c1-3-7-19-8-4-5-15(6-9-19)18-16-11-13(2)10-14(17)12-16/h10-12,15,18H,3-9H2,1-2H3. The van der Waals surface area contributed by atoms with Gasteiger partial charge in [-0.1, -0.05) is 6.92 Å². The molecule has 1 N–H and O–H groups in total. The van der Waals surface area contributed by atoms with Gasteiger partial charge in [0.05, 0.1) is 0 Å². The van der Waals surface area contributed by atoms with Gasteiger partial charge < -0.3 is 10.2 Å². The van der Waals surface area contributed by atoms with Gasteiger partial charge in [0.15, 0.2) is 0 Å². The van der Waals surface area contributed by atoms with E-state index in [4.69, 9.17) is 0 Å². The summed E-state index contributed by atoms with van der Waals surface area (Å²) in [7, 11) is 0. The maximum Gasteiger partial charge on any atom is 0.125 e. The van der Waals surface area contributed by atoms with Crippen molar-refractivity contribution >= 4 is 5.69 Å². The van der Waals surface area contributed by atoms with Gasteiger partial charge in [0.25, 0.3) is 0 Å². The van der Waals surface area contributed by atoms with Gasteiger partial charge in [-0.05, 0) is 69.5 Å². The molecule has 1 fully saturated rings. The van der Waals surface area contributed by atoms with Crippen LogP contribution in [0.15, 0.2) is 18.2 Å². The van der Waals surface area contributed by atoms with E-state index in [1.165, 1.54) is 32.4 Å². The van der Waals surface area contributed by atoms with Crippen molar-refractivity contribution in [3.8, 4) is 0 Å². The minimum absolute atomic E-state index is 0.149. The Morgan fingerprint density at radius 2 is 2.11 bits per heavy atom. The molecule has 1 aromatic rings. The molecule has 1 aromatic carbocycles. The minimum atomic E-state index is -0.149. The first-order valence-corrected chi connectivity index (χ1v) is 7.43. The summed E-state index contributed by atoms with van der Waals surface area (Å²) in [5, 5.41) is 3.50. The number of halogens is 1. The third-order valence-electron chi connectivity index (χ3n) is 3.77. The smallest absolute Gasteiger partial charge is 0.125 e. The zero-order valence-electron chi connectivity index (χ0n) is 12.1. The SMILES string of the molecule is CCCN1CCCC(Nc2cc(C)cc(F)c2)CC1. The third-order valence-corrected chi connectivity index (χ3v) is 3.77. The molecule has 0 radical (unpaired) electrons. The number of hydrogen-bond donors (Lipinski definition) is 1. The van der Waals surface area contributed by atoms with Crippen LogP contribution in [0.3, 0.4) is 0 Å². The Morgan fingerprint density at radius 1 is 1.26 bits per heavy atom. The van der Waals surface area contributed by atoms with E-state index >= 15 is 0 Å². The van der Waals surface area contributed by atoms with E-state index in [2.05, 4.69) is 17.1 Å². The highest BCUT2D eigenvalue weighted by Gasteiger charge is 2.16.